The van der Waals surface area contributed by atoms with Crippen LogP contribution in [-0.4, -0.2) is 75.7 Å². The molecule has 1 aromatic carbocycles. The van der Waals surface area contributed by atoms with Crippen LogP contribution in [0.4, 0.5) is 27.5 Å². The largest absolute Gasteiger partial charge is 0.367 e. The lowest BCUT2D eigenvalue weighted by Gasteiger charge is -2.53. The van der Waals surface area contributed by atoms with E-state index in [0.717, 1.165) is 50.3 Å². The number of piperazine rings is 1. The van der Waals surface area contributed by atoms with E-state index in [-0.39, 0.29) is 22.9 Å². The minimum absolute atomic E-state index is 0.0132. The number of anilines is 4. The van der Waals surface area contributed by atoms with Gasteiger partial charge in [-0.1, -0.05) is 18.5 Å². The Bertz CT molecular complexity index is 1090. The summed E-state index contributed by atoms with van der Waals surface area (Å²) in [6.07, 6.45) is 4.16. The first kappa shape index (κ1) is 28.8. The van der Waals surface area contributed by atoms with Crippen LogP contribution in [0.5, 0.6) is 0 Å². The zero-order chi connectivity index (χ0) is 27.8. The number of nitrogens with zero attached hydrogens (tertiary/aromatic N) is 5. The zero-order valence-corrected chi connectivity index (χ0v) is 25.0. The van der Waals surface area contributed by atoms with Crippen molar-refractivity contribution < 1.29 is 4.39 Å². The highest BCUT2D eigenvalue weighted by atomic mass is 35.5. The predicted octanol–water partition coefficient (Wildman–Crippen LogP) is 6.39. The van der Waals surface area contributed by atoms with Crippen LogP contribution in [0.25, 0.3) is 0 Å². The summed E-state index contributed by atoms with van der Waals surface area (Å²) in [5.74, 6) is 0.130. The zero-order valence-electron chi connectivity index (χ0n) is 24.3. The molecule has 210 valence electrons. The fraction of sp³-hybridized carbons (Fsp3) is 0.655. The Labute approximate surface area is 233 Å². The molecule has 2 aliphatic rings. The van der Waals surface area contributed by atoms with Gasteiger partial charge < -0.3 is 15.5 Å². The molecule has 4 rings (SSSR count). The van der Waals surface area contributed by atoms with E-state index < -0.39 is 5.82 Å². The second-order valence-electron chi connectivity index (χ2n) is 12.5. The van der Waals surface area contributed by atoms with E-state index in [1.54, 1.807) is 0 Å². The number of piperidine rings is 1. The monoisotopic (exact) mass is 545 g/mol. The first-order chi connectivity index (χ1) is 17.8. The molecule has 1 aromatic heterocycles. The Morgan fingerprint density at radius 3 is 2.32 bits per heavy atom. The number of nitrogens with one attached hydrogen (secondary N) is 2. The number of hydrogen-bond donors (Lipinski definition) is 2. The van der Waals surface area contributed by atoms with E-state index in [9.17, 15) is 4.39 Å². The van der Waals surface area contributed by atoms with Gasteiger partial charge in [0.15, 0.2) is 11.6 Å². The lowest BCUT2D eigenvalue weighted by atomic mass is 9.77. The molecule has 2 atom stereocenters. The van der Waals surface area contributed by atoms with Crippen LogP contribution in [-0.2, 0) is 0 Å². The van der Waals surface area contributed by atoms with Gasteiger partial charge in [-0.05, 0) is 92.6 Å². The maximum absolute atomic E-state index is 14.8. The SMILES string of the molecule is CCCN1C(C)CN(c2cc(Nc3ncc(F)c(NC4CC(C)(C)N(C)C(C)(C)C4)n3)ccc2Cl)CC1C. The van der Waals surface area contributed by atoms with Gasteiger partial charge in [0.2, 0.25) is 5.95 Å². The predicted molar refractivity (Wildman–Crippen MR) is 157 cm³/mol. The maximum Gasteiger partial charge on any atom is 0.229 e. The smallest absolute Gasteiger partial charge is 0.229 e. The normalized spacial score (nSPS) is 24.4. The molecule has 38 heavy (non-hydrogen) atoms. The van der Waals surface area contributed by atoms with E-state index in [0.29, 0.717) is 23.1 Å². The van der Waals surface area contributed by atoms with Crippen LogP contribution < -0.4 is 15.5 Å². The molecule has 0 spiro atoms. The molecule has 2 unspecified atom stereocenters. The summed E-state index contributed by atoms with van der Waals surface area (Å²) < 4.78 is 14.8. The molecule has 2 aromatic rings. The average molecular weight is 546 g/mol. The van der Waals surface area contributed by atoms with Crippen LogP contribution in [0.3, 0.4) is 0 Å². The molecular weight excluding hydrogens is 501 g/mol. The third-order valence-corrected chi connectivity index (χ3v) is 8.84. The highest BCUT2D eigenvalue weighted by Gasteiger charge is 2.43. The Morgan fingerprint density at radius 2 is 1.71 bits per heavy atom. The minimum Gasteiger partial charge on any atom is -0.367 e. The number of hydrogen-bond acceptors (Lipinski definition) is 7. The first-order valence-electron chi connectivity index (χ1n) is 13.9. The Hall–Kier alpha value is -2.16. The van der Waals surface area contributed by atoms with Gasteiger partial charge in [-0.2, -0.15) is 4.98 Å². The van der Waals surface area contributed by atoms with Crippen molar-refractivity contribution in [2.24, 2.45) is 0 Å². The summed E-state index contributed by atoms with van der Waals surface area (Å²) in [6.45, 7) is 18.6. The van der Waals surface area contributed by atoms with Crippen molar-refractivity contribution in [2.45, 2.75) is 96.9 Å². The lowest BCUT2D eigenvalue weighted by molar-refractivity contribution is -0.00778. The highest BCUT2D eigenvalue weighted by molar-refractivity contribution is 6.33. The van der Waals surface area contributed by atoms with Crippen molar-refractivity contribution in [3.05, 3.63) is 35.2 Å². The van der Waals surface area contributed by atoms with Crippen molar-refractivity contribution in [2.75, 3.05) is 42.2 Å². The van der Waals surface area contributed by atoms with Crippen molar-refractivity contribution >= 4 is 34.7 Å². The van der Waals surface area contributed by atoms with E-state index in [1.165, 1.54) is 6.20 Å². The molecular formula is C29H45ClFN7. The molecule has 9 heteroatoms. The summed E-state index contributed by atoms with van der Waals surface area (Å²) >= 11 is 6.66. The Balaban J connectivity index is 1.50. The van der Waals surface area contributed by atoms with E-state index in [4.69, 9.17) is 11.6 Å². The molecule has 0 bridgehead atoms. The van der Waals surface area contributed by atoms with Gasteiger partial charge in [-0.3, -0.25) is 9.80 Å². The molecule has 0 saturated carbocycles. The van der Waals surface area contributed by atoms with Crippen molar-refractivity contribution in [3.8, 4) is 0 Å². The van der Waals surface area contributed by atoms with Crippen LogP contribution in [0.2, 0.25) is 5.02 Å². The van der Waals surface area contributed by atoms with Gasteiger partial charge in [0.05, 0.1) is 16.9 Å². The van der Waals surface area contributed by atoms with Crippen molar-refractivity contribution in [3.63, 3.8) is 0 Å². The van der Waals surface area contributed by atoms with Gasteiger partial charge in [0.25, 0.3) is 0 Å². The Kier molecular flexibility index (Phi) is 8.46. The summed E-state index contributed by atoms with van der Waals surface area (Å²) in [7, 11) is 2.16. The van der Waals surface area contributed by atoms with Gasteiger partial charge in [-0.15, -0.1) is 0 Å². The second-order valence-corrected chi connectivity index (χ2v) is 12.9. The standard InChI is InChI=1S/C29H45ClFN7/c1-9-12-38-19(2)17-37(18-20(38)3)25-13-21(10-11-23(25)30)34-27-32-16-24(31)26(35-27)33-22-14-28(4,5)36(8)29(6,7)15-22/h10-11,13,16,19-20,22H,9,12,14-15,17-18H2,1-8H3,(H2,32,33,34,35). The summed E-state index contributed by atoms with van der Waals surface area (Å²) in [5.41, 5.74) is 1.78. The van der Waals surface area contributed by atoms with Crippen molar-refractivity contribution in [1.29, 1.82) is 0 Å². The third-order valence-electron chi connectivity index (χ3n) is 8.52. The summed E-state index contributed by atoms with van der Waals surface area (Å²) in [5, 5.41) is 7.37. The third kappa shape index (κ3) is 6.18. The topological polar surface area (TPSA) is 59.6 Å². The van der Waals surface area contributed by atoms with Crippen LogP contribution in [0.15, 0.2) is 24.4 Å². The fourth-order valence-corrected chi connectivity index (χ4v) is 6.65. The Morgan fingerprint density at radius 1 is 1.08 bits per heavy atom. The minimum atomic E-state index is -0.449. The summed E-state index contributed by atoms with van der Waals surface area (Å²) in [6, 6.07) is 6.83. The number of benzene rings is 1. The second kappa shape index (κ2) is 11.1. The lowest BCUT2D eigenvalue weighted by Crippen LogP contribution is -2.61. The fourth-order valence-electron chi connectivity index (χ4n) is 6.41. The van der Waals surface area contributed by atoms with E-state index in [2.05, 4.69) is 90.8 Å². The average Bonchev–Trinajstić information content (AvgIpc) is 2.82. The van der Waals surface area contributed by atoms with Gasteiger partial charge in [-0.25, -0.2) is 9.37 Å². The number of rotatable bonds is 7. The van der Waals surface area contributed by atoms with Crippen LogP contribution in [0.1, 0.15) is 67.7 Å². The molecule has 3 heterocycles. The maximum atomic E-state index is 14.8. The molecule has 2 fully saturated rings. The first-order valence-corrected chi connectivity index (χ1v) is 14.3. The van der Waals surface area contributed by atoms with Crippen LogP contribution in [0, 0.1) is 5.82 Å². The number of aromatic nitrogens is 2. The molecule has 0 radical (unpaired) electrons. The number of halogens is 2. The quantitative estimate of drug-likeness (QED) is 0.418. The number of likely N-dealkylation sites (tertiary alicyclic amines) is 1. The molecule has 7 nitrogen and oxygen atoms in total. The molecule has 0 aliphatic carbocycles. The molecule has 2 aliphatic heterocycles. The molecule has 0 amide bonds. The van der Waals surface area contributed by atoms with Crippen molar-refractivity contribution in [1.82, 2.24) is 19.8 Å². The highest BCUT2D eigenvalue weighted by Crippen LogP contribution is 2.38. The molecule has 2 N–H and O–H groups in total. The van der Waals surface area contributed by atoms with Gasteiger partial charge in [0.1, 0.15) is 0 Å². The van der Waals surface area contributed by atoms with E-state index >= 15 is 0 Å². The van der Waals surface area contributed by atoms with Gasteiger partial charge in [0, 0.05) is 48.0 Å². The van der Waals surface area contributed by atoms with Gasteiger partial charge >= 0.3 is 0 Å². The van der Waals surface area contributed by atoms with E-state index in [1.807, 2.05) is 18.2 Å². The summed E-state index contributed by atoms with van der Waals surface area (Å²) in [4.78, 5) is 16.1. The van der Waals surface area contributed by atoms with Crippen LogP contribution >= 0.6 is 11.6 Å². The molecule has 2 saturated heterocycles.